The molecule has 8 nitrogen and oxygen atoms in total. The summed E-state index contributed by atoms with van der Waals surface area (Å²) in [5.74, 6) is 0.920. The molecule has 2 aliphatic rings. The maximum absolute atomic E-state index is 13.4. The molecular formula is C22H29N3O5. The number of likely N-dealkylation sites (tertiary alicyclic amines) is 1. The number of benzene rings is 1. The van der Waals surface area contributed by atoms with Crippen molar-refractivity contribution in [3.63, 3.8) is 0 Å². The Balaban J connectivity index is 1.98. The van der Waals surface area contributed by atoms with Crippen LogP contribution in [0.1, 0.15) is 44.7 Å². The molecule has 2 amide bonds. The molecule has 1 saturated heterocycles. The summed E-state index contributed by atoms with van der Waals surface area (Å²) in [5.41, 5.74) is 1.10. The molecule has 30 heavy (non-hydrogen) atoms. The van der Waals surface area contributed by atoms with Gasteiger partial charge in [0.1, 0.15) is 17.7 Å². The zero-order chi connectivity index (χ0) is 22.1. The first-order valence-electron chi connectivity index (χ1n) is 10.1. The van der Waals surface area contributed by atoms with E-state index in [9.17, 15) is 14.9 Å². The smallest absolute Gasteiger partial charge is 0.411 e. The van der Waals surface area contributed by atoms with Gasteiger partial charge in [-0.3, -0.25) is 9.69 Å². The van der Waals surface area contributed by atoms with Crippen molar-refractivity contribution in [1.82, 2.24) is 9.80 Å². The van der Waals surface area contributed by atoms with E-state index in [2.05, 4.69) is 6.07 Å². The number of amides is 2. The number of fused-ring (bicyclic) bond motifs is 1. The van der Waals surface area contributed by atoms with Crippen molar-refractivity contribution < 1.29 is 23.8 Å². The van der Waals surface area contributed by atoms with Crippen molar-refractivity contribution in [1.29, 1.82) is 5.26 Å². The molecule has 162 valence electrons. The summed E-state index contributed by atoms with van der Waals surface area (Å²) < 4.78 is 16.4. The Kier molecular flexibility index (Phi) is 6.11. The first-order chi connectivity index (χ1) is 14.2. The summed E-state index contributed by atoms with van der Waals surface area (Å²) >= 11 is 0. The molecule has 1 aromatic rings. The van der Waals surface area contributed by atoms with Crippen LogP contribution < -0.4 is 9.47 Å². The number of methoxy groups -OCH3 is 2. The van der Waals surface area contributed by atoms with Gasteiger partial charge >= 0.3 is 6.09 Å². The summed E-state index contributed by atoms with van der Waals surface area (Å²) in [7, 11) is 3.12. The maximum Gasteiger partial charge on any atom is 0.411 e. The minimum atomic E-state index is -0.737. The van der Waals surface area contributed by atoms with Gasteiger partial charge in [0.15, 0.2) is 11.5 Å². The summed E-state index contributed by atoms with van der Waals surface area (Å²) in [5, 5.41) is 9.42. The van der Waals surface area contributed by atoms with E-state index in [0.717, 1.165) is 17.5 Å². The highest BCUT2D eigenvalue weighted by atomic mass is 16.6. The van der Waals surface area contributed by atoms with Crippen LogP contribution in [0.15, 0.2) is 12.1 Å². The molecule has 8 heteroatoms. The Morgan fingerprint density at radius 3 is 2.30 bits per heavy atom. The van der Waals surface area contributed by atoms with Crippen LogP contribution in [-0.4, -0.2) is 60.2 Å². The molecule has 2 heterocycles. The molecule has 3 rings (SSSR count). The van der Waals surface area contributed by atoms with Crippen LogP contribution in [0, 0.1) is 11.3 Å². The average Bonchev–Trinajstić information content (AvgIpc) is 3.18. The molecule has 0 unspecified atom stereocenters. The van der Waals surface area contributed by atoms with E-state index < -0.39 is 23.8 Å². The van der Waals surface area contributed by atoms with E-state index in [0.29, 0.717) is 30.9 Å². The van der Waals surface area contributed by atoms with Crippen LogP contribution in [0.5, 0.6) is 11.5 Å². The van der Waals surface area contributed by atoms with Crippen LogP contribution in [0.2, 0.25) is 0 Å². The first kappa shape index (κ1) is 21.8. The van der Waals surface area contributed by atoms with Crippen LogP contribution >= 0.6 is 0 Å². The SMILES string of the molecule is COc1cc2c(cc1OC)CN(C(=O)OC(C)(C)C)[C@H](C(=O)N1CCC[C@H]1C#N)C2. The van der Waals surface area contributed by atoms with E-state index in [1.165, 1.54) is 4.90 Å². The van der Waals surface area contributed by atoms with Crippen molar-refractivity contribution >= 4 is 12.0 Å². The molecule has 2 aliphatic heterocycles. The molecule has 0 radical (unpaired) electrons. The zero-order valence-electron chi connectivity index (χ0n) is 18.2. The van der Waals surface area contributed by atoms with Gasteiger partial charge in [-0.1, -0.05) is 0 Å². The number of carbonyl (C=O) groups is 2. The van der Waals surface area contributed by atoms with E-state index in [1.54, 1.807) is 39.9 Å². The minimum Gasteiger partial charge on any atom is -0.493 e. The number of carbonyl (C=O) groups excluding carboxylic acids is 2. The Morgan fingerprint density at radius 2 is 1.73 bits per heavy atom. The second-order valence-corrected chi connectivity index (χ2v) is 8.62. The van der Waals surface area contributed by atoms with Gasteiger partial charge in [-0.15, -0.1) is 0 Å². The van der Waals surface area contributed by atoms with Gasteiger partial charge in [-0.25, -0.2) is 4.79 Å². The van der Waals surface area contributed by atoms with E-state index in [4.69, 9.17) is 14.2 Å². The third-order valence-electron chi connectivity index (χ3n) is 5.43. The molecule has 1 aromatic carbocycles. The summed E-state index contributed by atoms with van der Waals surface area (Å²) in [4.78, 5) is 29.5. The Hall–Kier alpha value is -2.95. The predicted octanol–water partition coefficient (Wildman–Crippen LogP) is 2.88. The normalized spacial score (nSPS) is 20.9. The molecular weight excluding hydrogens is 386 g/mol. The van der Waals surface area contributed by atoms with Crippen LogP contribution in [-0.2, 0) is 22.5 Å². The Morgan fingerprint density at radius 1 is 1.10 bits per heavy atom. The van der Waals surface area contributed by atoms with Gasteiger partial charge in [-0.2, -0.15) is 5.26 Å². The van der Waals surface area contributed by atoms with Crippen molar-refractivity contribution in [2.75, 3.05) is 20.8 Å². The highest BCUT2D eigenvalue weighted by Crippen LogP contribution is 2.36. The summed E-state index contributed by atoms with van der Waals surface area (Å²) in [6.07, 6.45) is 1.21. The first-order valence-corrected chi connectivity index (χ1v) is 10.1. The largest absolute Gasteiger partial charge is 0.493 e. The number of hydrogen-bond acceptors (Lipinski definition) is 6. The number of nitriles is 1. The molecule has 1 fully saturated rings. The Bertz CT molecular complexity index is 871. The molecule has 0 N–H and O–H groups in total. The third-order valence-corrected chi connectivity index (χ3v) is 5.43. The minimum absolute atomic E-state index is 0.214. The van der Waals surface area contributed by atoms with Gasteiger partial charge in [-0.05, 0) is 56.9 Å². The lowest BCUT2D eigenvalue weighted by Crippen LogP contribution is -2.55. The topological polar surface area (TPSA) is 92.1 Å². The number of ether oxygens (including phenoxy) is 3. The second-order valence-electron chi connectivity index (χ2n) is 8.62. The average molecular weight is 415 g/mol. The van der Waals surface area contributed by atoms with Crippen molar-refractivity contribution in [3.05, 3.63) is 23.3 Å². The fourth-order valence-corrected chi connectivity index (χ4v) is 4.00. The zero-order valence-corrected chi connectivity index (χ0v) is 18.2. The van der Waals surface area contributed by atoms with E-state index in [1.807, 2.05) is 12.1 Å². The van der Waals surface area contributed by atoms with E-state index >= 15 is 0 Å². The quantitative estimate of drug-likeness (QED) is 0.754. The predicted molar refractivity (Wildman–Crippen MR) is 109 cm³/mol. The summed E-state index contributed by atoms with van der Waals surface area (Å²) in [6.45, 7) is 6.11. The van der Waals surface area contributed by atoms with Gasteiger partial charge in [0, 0.05) is 13.0 Å². The van der Waals surface area contributed by atoms with Crippen LogP contribution in [0.25, 0.3) is 0 Å². The molecule has 0 bridgehead atoms. The molecule has 0 saturated carbocycles. The Labute approximate surface area is 177 Å². The van der Waals surface area contributed by atoms with Crippen molar-refractivity contribution in [2.24, 2.45) is 0 Å². The second kappa shape index (κ2) is 8.42. The fourth-order valence-electron chi connectivity index (χ4n) is 4.00. The standard InChI is InChI=1S/C22H29N3O5/c1-22(2,3)30-21(27)25-13-15-11-19(29-5)18(28-4)10-14(15)9-17(25)20(26)24-8-6-7-16(24)12-23/h10-11,16-17H,6-9,13H2,1-5H3/t16-,17-/m0/s1. The number of hydrogen-bond donors (Lipinski definition) is 0. The highest BCUT2D eigenvalue weighted by Gasteiger charge is 2.42. The van der Waals surface area contributed by atoms with Gasteiger partial charge in [0.05, 0.1) is 26.8 Å². The van der Waals surface area contributed by atoms with Crippen LogP contribution in [0.4, 0.5) is 4.79 Å². The lowest BCUT2D eigenvalue weighted by molar-refractivity contribution is -0.137. The number of nitrogens with zero attached hydrogens (tertiary/aromatic N) is 3. The van der Waals surface area contributed by atoms with Crippen molar-refractivity contribution in [2.45, 2.75) is 64.3 Å². The summed E-state index contributed by atoms with van der Waals surface area (Å²) in [6, 6.07) is 4.70. The highest BCUT2D eigenvalue weighted by molar-refractivity contribution is 5.87. The fraction of sp³-hybridized carbons (Fsp3) is 0.591. The maximum atomic E-state index is 13.4. The molecule has 0 spiro atoms. The monoisotopic (exact) mass is 415 g/mol. The van der Waals surface area contributed by atoms with Gasteiger partial charge < -0.3 is 19.1 Å². The number of rotatable bonds is 3. The van der Waals surface area contributed by atoms with E-state index in [-0.39, 0.29) is 12.5 Å². The molecule has 0 aliphatic carbocycles. The third kappa shape index (κ3) is 4.30. The van der Waals surface area contributed by atoms with Crippen molar-refractivity contribution in [3.8, 4) is 17.6 Å². The molecule has 2 atom stereocenters. The van der Waals surface area contributed by atoms with Gasteiger partial charge in [0.25, 0.3) is 0 Å². The lowest BCUT2D eigenvalue weighted by atomic mass is 9.92. The van der Waals surface area contributed by atoms with Crippen LogP contribution in [0.3, 0.4) is 0 Å². The van der Waals surface area contributed by atoms with Gasteiger partial charge in [0.2, 0.25) is 5.91 Å². The molecule has 0 aromatic heterocycles. The lowest BCUT2D eigenvalue weighted by Gasteiger charge is -2.39.